The van der Waals surface area contributed by atoms with Gasteiger partial charge in [-0.25, -0.2) is 8.42 Å². The van der Waals surface area contributed by atoms with Crippen molar-refractivity contribution in [3.63, 3.8) is 0 Å². The monoisotopic (exact) mass is 457 g/mol. The zero-order valence-electron chi connectivity index (χ0n) is 17.0. The van der Waals surface area contributed by atoms with E-state index in [-0.39, 0.29) is 23.3 Å². The molecule has 1 aliphatic heterocycles. The summed E-state index contributed by atoms with van der Waals surface area (Å²) in [6.45, 7) is 1.78. The fourth-order valence-electron chi connectivity index (χ4n) is 3.55. The molecule has 0 saturated carbocycles. The molecule has 0 radical (unpaired) electrons. The van der Waals surface area contributed by atoms with Crippen molar-refractivity contribution in [2.24, 2.45) is 5.92 Å². The molecule has 162 valence electrons. The molecule has 1 aliphatic rings. The normalized spacial score (nSPS) is 18.5. The third-order valence-corrected chi connectivity index (χ3v) is 7.93. The lowest BCUT2D eigenvalue weighted by Gasteiger charge is -2.14. The van der Waals surface area contributed by atoms with Gasteiger partial charge in [0.1, 0.15) is 0 Å². The smallest absolute Gasteiger partial charge is 0.277 e. The SMILES string of the molecule is C[C@H](Sc1nnc(C[C@H]2CCS(=O)(=O)C2)o1)C(=O)Nc1ccccc1-c1ccccc1. The number of hydrogen-bond acceptors (Lipinski definition) is 7. The predicted molar refractivity (Wildman–Crippen MR) is 121 cm³/mol. The summed E-state index contributed by atoms with van der Waals surface area (Å²) in [4.78, 5) is 12.8. The zero-order chi connectivity index (χ0) is 21.8. The maximum absolute atomic E-state index is 12.8. The minimum atomic E-state index is -2.94. The highest BCUT2D eigenvalue weighted by atomic mass is 32.2. The number of benzene rings is 2. The Morgan fingerprint density at radius 1 is 1.16 bits per heavy atom. The number of aromatic nitrogens is 2. The van der Waals surface area contributed by atoms with E-state index in [1.165, 1.54) is 11.8 Å². The summed E-state index contributed by atoms with van der Waals surface area (Å²) >= 11 is 1.18. The van der Waals surface area contributed by atoms with Crippen molar-refractivity contribution in [3.05, 3.63) is 60.5 Å². The molecule has 4 rings (SSSR count). The van der Waals surface area contributed by atoms with Gasteiger partial charge in [0.05, 0.1) is 16.8 Å². The summed E-state index contributed by atoms with van der Waals surface area (Å²) in [5, 5.41) is 10.9. The van der Waals surface area contributed by atoms with Gasteiger partial charge >= 0.3 is 0 Å². The molecule has 1 fully saturated rings. The highest BCUT2D eigenvalue weighted by Crippen LogP contribution is 2.30. The second kappa shape index (κ2) is 9.23. The summed E-state index contributed by atoms with van der Waals surface area (Å²) < 4.78 is 28.9. The zero-order valence-corrected chi connectivity index (χ0v) is 18.7. The molecule has 9 heteroatoms. The van der Waals surface area contributed by atoms with Crippen LogP contribution in [0.25, 0.3) is 11.1 Å². The molecule has 2 aromatic carbocycles. The maximum atomic E-state index is 12.8. The number of hydrogen-bond donors (Lipinski definition) is 1. The summed E-state index contributed by atoms with van der Waals surface area (Å²) in [5.41, 5.74) is 2.70. The Balaban J connectivity index is 1.37. The third kappa shape index (κ3) is 5.54. The van der Waals surface area contributed by atoms with E-state index in [0.29, 0.717) is 24.0 Å². The standard InChI is InChI=1S/C22H23N3O4S2/c1-15(30-22-25-24-20(29-22)13-16-11-12-31(27,28)14-16)21(26)23-19-10-6-5-9-18(19)17-7-3-2-4-8-17/h2-10,15-16H,11-14H2,1H3,(H,23,26)/t15-,16+/m0/s1. The lowest BCUT2D eigenvalue weighted by Crippen LogP contribution is -2.22. The molecule has 31 heavy (non-hydrogen) atoms. The average molecular weight is 458 g/mol. The minimum absolute atomic E-state index is 0.0125. The first-order valence-electron chi connectivity index (χ1n) is 10.0. The first-order chi connectivity index (χ1) is 14.9. The Labute approximate surface area is 185 Å². The number of amides is 1. The molecule has 0 bridgehead atoms. The van der Waals surface area contributed by atoms with Gasteiger partial charge in [0, 0.05) is 17.7 Å². The first kappa shape index (κ1) is 21.6. The molecule has 0 aliphatic carbocycles. The van der Waals surface area contributed by atoms with Crippen LogP contribution in [0.15, 0.2) is 64.2 Å². The van der Waals surface area contributed by atoms with E-state index in [1.54, 1.807) is 6.92 Å². The van der Waals surface area contributed by atoms with Crippen LogP contribution in [0.2, 0.25) is 0 Å². The fraction of sp³-hybridized carbons (Fsp3) is 0.318. The lowest BCUT2D eigenvalue weighted by atomic mass is 10.0. The number of para-hydroxylation sites is 1. The number of sulfone groups is 1. The maximum Gasteiger partial charge on any atom is 0.277 e. The van der Waals surface area contributed by atoms with Gasteiger partial charge in [-0.05, 0) is 30.9 Å². The van der Waals surface area contributed by atoms with Crippen molar-refractivity contribution >= 4 is 33.2 Å². The van der Waals surface area contributed by atoms with E-state index < -0.39 is 15.1 Å². The summed E-state index contributed by atoms with van der Waals surface area (Å²) in [6, 6.07) is 17.5. The van der Waals surface area contributed by atoms with Gasteiger partial charge in [-0.1, -0.05) is 60.3 Å². The van der Waals surface area contributed by atoms with E-state index in [1.807, 2.05) is 54.6 Å². The van der Waals surface area contributed by atoms with E-state index in [9.17, 15) is 13.2 Å². The topological polar surface area (TPSA) is 102 Å². The largest absolute Gasteiger partial charge is 0.416 e. The van der Waals surface area contributed by atoms with E-state index >= 15 is 0 Å². The summed E-state index contributed by atoms with van der Waals surface area (Å²) in [6.07, 6.45) is 1.06. The summed E-state index contributed by atoms with van der Waals surface area (Å²) in [5.74, 6) is 0.632. The molecule has 7 nitrogen and oxygen atoms in total. The molecule has 3 aromatic rings. The van der Waals surface area contributed by atoms with Crippen molar-refractivity contribution in [1.82, 2.24) is 10.2 Å². The third-order valence-electron chi connectivity index (χ3n) is 5.15. The molecule has 2 heterocycles. The van der Waals surface area contributed by atoms with Crippen LogP contribution in [-0.2, 0) is 21.1 Å². The number of nitrogens with one attached hydrogen (secondary N) is 1. The van der Waals surface area contributed by atoms with Crippen LogP contribution in [0.5, 0.6) is 0 Å². The molecule has 1 saturated heterocycles. The van der Waals surface area contributed by atoms with Crippen LogP contribution in [0.1, 0.15) is 19.2 Å². The van der Waals surface area contributed by atoms with Crippen molar-refractivity contribution in [3.8, 4) is 11.1 Å². The Morgan fingerprint density at radius 2 is 1.90 bits per heavy atom. The van der Waals surface area contributed by atoms with Gasteiger partial charge in [0.25, 0.3) is 5.22 Å². The number of carbonyl (C=O) groups excluding carboxylic acids is 1. The Hall–Kier alpha value is -2.65. The molecule has 2 atom stereocenters. The molecule has 1 N–H and O–H groups in total. The van der Waals surface area contributed by atoms with Crippen molar-refractivity contribution in [2.45, 2.75) is 30.2 Å². The second-order valence-corrected chi connectivity index (χ2v) is 11.1. The van der Waals surface area contributed by atoms with E-state index in [0.717, 1.165) is 16.8 Å². The highest BCUT2D eigenvalue weighted by molar-refractivity contribution is 8.00. The molecular formula is C22H23N3O4S2. The van der Waals surface area contributed by atoms with Gasteiger partial charge in [-0.2, -0.15) is 0 Å². The Bertz CT molecular complexity index is 1160. The van der Waals surface area contributed by atoms with Crippen molar-refractivity contribution in [1.29, 1.82) is 0 Å². The number of nitrogens with zero attached hydrogens (tertiary/aromatic N) is 2. The predicted octanol–water partition coefficient (Wildman–Crippen LogP) is 3.83. The van der Waals surface area contributed by atoms with Crippen LogP contribution >= 0.6 is 11.8 Å². The Morgan fingerprint density at radius 3 is 2.65 bits per heavy atom. The van der Waals surface area contributed by atoms with Gasteiger partial charge < -0.3 is 9.73 Å². The molecule has 0 spiro atoms. The van der Waals surface area contributed by atoms with Crippen LogP contribution in [0.4, 0.5) is 5.69 Å². The van der Waals surface area contributed by atoms with E-state index in [2.05, 4.69) is 15.5 Å². The molecule has 0 unspecified atom stereocenters. The first-order valence-corrected chi connectivity index (χ1v) is 12.7. The lowest BCUT2D eigenvalue weighted by molar-refractivity contribution is -0.115. The van der Waals surface area contributed by atoms with Crippen LogP contribution in [0.3, 0.4) is 0 Å². The number of thioether (sulfide) groups is 1. The Kier molecular flexibility index (Phi) is 6.43. The molecule has 1 aromatic heterocycles. The minimum Gasteiger partial charge on any atom is -0.416 e. The van der Waals surface area contributed by atoms with Gasteiger partial charge in [-0.15, -0.1) is 10.2 Å². The number of carbonyl (C=O) groups is 1. The molecular weight excluding hydrogens is 434 g/mol. The fourth-order valence-corrected chi connectivity index (χ4v) is 6.11. The highest BCUT2D eigenvalue weighted by Gasteiger charge is 2.29. The van der Waals surface area contributed by atoms with Gasteiger partial charge in [-0.3, -0.25) is 4.79 Å². The number of rotatable bonds is 7. The van der Waals surface area contributed by atoms with Crippen LogP contribution in [-0.4, -0.2) is 41.3 Å². The molecule has 1 amide bonds. The van der Waals surface area contributed by atoms with Crippen LogP contribution < -0.4 is 5.32 Å². The quantitative estimate of drug-likeness (QED) is 0.538. The second-order valence-electron chi connectivity index (χ2n) is 7.60. The van der Waals surface area contributed by atoms with E-state index in [4.69, 9.17) is 4.42 Å². The van der Waals surface area contributed by atoms with Crippen LogP contribution in [0, 0.1) is 5.92 Å². The van der Waals surface area contributed by atoms with Gasteiger partial charge in [0.15, 0.2) is 9.84 Å². The number of anilines is 1. The van der Waals surface area contributed by atoms with Crippen molar-refractivity contribution in [2.75, 3.05) is 16.8 Å². The van der Waals surface area contributed by atoms with Gasteiger partial charge in [0.2, 0.25) is 11.8 Å². The van der Waals surface area contributed by atoms with Crippen molar-refractivity contribution < 1.29 is 17.6 Å². The average Bonchev–Trinajstić information content (AvgIpc) is 3.34. The summed E-state index contributed by atoms with van der Waals surface area (Å²) in [7, 11) is -2.94.